The molecule has 25 heavy (non-hydrogen) atoms. The molecule has 0 bridgehead atoms. The van der Waals surface area contributed by atoms with Crippen molar-refractivity contribution in [3.63, 3.8) is 0 Å². The number of carbonyl (C=O) groups excluding carboxylic acids is 1. The molecular weight excluding hydrogens is 342 g/mol. The van der Waals surface area contributed by atoms with Crippen molar-refractivity contribution in [2.75, 3.05) is 26.2 Å². The van der Waals surface area contributed by atoms with E-state index in [1.807, 2.05) is 0 Å². The summed E-state index contributed by atoms with van der Waals surface area (Å²) < 4.78 is 1.44. The maximum atomic E-state index is 12.3. The summed E-state index contributed by atoms with van der Waals surface area (Å²) in [5.41, 5.74) is 6.55. The van der Waals surface area contributed by atoms with E-state index in [1.165, 1.54) is 10.5 Å². The standard InChI is InChI=1S/C17H22ClN5O2/c18-13-3-4-15-21-14(8-16(24)23(15)10-13)11-22-7-1-2-12(9-22)17(25)20-6-5-19/h3-4,8,10,12H,1-2,5-7,9,11,19H2,(H,20,25). The average molecular weight is 364 g/mol. The van der Waals surface area contributed by atoms with Gasteiger partial charge in [-0.3, -0.25) is 18.9 Å². The van der Waals surface area contributed by atoms with Crippen LogP contribution in [0.1, 0.15) is 18.5 Å². The van der Waals surface area contributed by atoms with Gasteiger partial charge in [-0.15, -0.1) is 0 Å². The smallest absolute Gasteiger partial charge is 0.258 e. The predicted molar refractivity (Wildman–Crippen MR) is 96.5 cm³/mol. The lowest BCUT2D eigenvalue weighted by molar-refractivity contribution is -0.126. The van der Waals surface area contributed by atoms with E-state index in [9.17, 15) is 9.59 Å². The van der Waals surface area contributed by atoms with Crippen LogP contribution in [0.3, 0.4) is 0 Å². The number of rotatable bonds is 5. The minimum Gasteiger partial charge on any atom is -0.355 e. The fourth-order valence-electron chi connectivity index (χ4n) is 3.19. The molecule has 7 nitrogen and oxygen atoms in total. The van der Waals surface area contributed by atoms with Crippen molar-refractivity contribution in [2.45, 2.75) is 19.4 Å². The first-order chi connectivity index (χ1) is 12.1. The normalized spacial score (nSPS) is 18.4. The lowest BCUT2D eigenvalue weighted by Crippen LogP contribution is -2.43. The van der Waals surface area contributed by atoms with Gasteiger partial charge in [0.05, 0.1) is 16.6 Å². The number of halogens is 1. The first-order valence-corrected chi connectivity index (χ1v) is 8.82. The fraction of sp³-hybridized carbons (Fsp3) is 0.471. The summed E-state index contributed by atoms with van der Waals surface area (Å²) in [6, 6.07) is 4.97. The zero-order valence-corrected chi connectivity index (χ0v) is 14.7. The van der Waals surface area contributed by atoms with Crippen molar-refractivity contribution in [3.8, 4) is 0 Å². The number of hydrogen-bond donors (Lipinski definition) is 2. The summed E-state index contributed by atoms with van der Waals surface area (Å²) in [6.07, 6.45) is 3.39. The first kappa shape index (κ1) is 17.8. The average Bonchev–Trinajstić information content (AvgIpc) is 2.60. The van der Waals surface area contributed by atoms with E-state index in [0.717, 1.165) is 19.4 Å². The molecule has 1 atom stereocenters. The highest BCUT2D eigenvalue weighted by Gasteiger charge is 2.25. The third-order valence-electron chi connectivity index (χ3n) is 4.38. The van der Waals surface area contributed by atoms with Crippen LogP contribution in [0.2, 0.25) is 5.02 Å². The Balaban J connectivity index is 1.71. The number of piperidine rings is 1. The van der Waals surface area contributed by atoms with Gasteiger partial charge in [0.2, 0.25) is 5.91 Å². The van der Waals surface area contributed by atoms with E-state index in [2.05, 4.69) is 15.2 Å². The van der Waals surface area contributed by atoms with Gasteiger partial charge in [-0.05, 0) is 31.5 Å². The van der Waals surface area contributed by atoms with Crippen LogP contribution in [-0.4, -0.2) is 46.4 Å². The zero-order valence-electron chi connectivity index (χ0n) is 13.9. The summed E-state index contributed by atoms with van der Waals surface area (Å²) >= 11 is 5.93. The Kier molecular flexibility index (Phi) is 5.67. The van der Waals surface area contributed by atoms with Crippen LogP contribution in [0.4, 0.5) is 0 Å². The molecule has 1 aliphatic rings. The third kappa shape index (κ3) is 4.36. The fourth-order valence-corrected chi connectivity index (χ4v) is 3.35. The van der Waals surface area contributed by atoms with Gasteiger partial charge in [-0.25, -0.2) is 4.98 Å². The highest BCUT2D eigenvalue weighted by Crippen LogP contribution is 2.18. The zero-order chi connectivity index (χ0) is 17.8. The Hall–Kier alpha value is -1.96. The molecule has 1 amide bonds. The Bertz CT molecular complexity index is 822. The second kappa shape index (κ2) is 7.95. The monoisotopic (exact) mass is 363 g/mol. The molecule has 0 saturated carbocycles. The van der Waals surface area contributed by atoms with Crippen LogP contribution < -0.4 is 16.6 Å². The van der Waals surface area contributed by atoms with Crippen LogP contribution in [0.25, 0.3) is 5.65 Å². The van der Waals surface area contributed by atoms with E-state index in [-0.39, 0.29) is 17.4 Å². The van der Waals surface area contributed by atoms with Gasteiger partial charge in [0.1, 0.15) is 5.65 Å². The number of nitrogens with zero attached hydrogens (tertiary/aromatic N) is 3. The lowest BCUT2D eigenvalue weighted by Gasteiger charge is -2.31. The maximum Gasteiger partial charge on any atom is 0.258 e. The van der Waals surface area contributed by atoms with Gasteiger partial charge in [0.25, 0.3) is 5.56 Å². The third-order valence-corrected chi connectivity index (χ3v) is 4.61. The Morgan fingerprint density at radius 3 is 3.08 bits per heavy atom. The van der Waals surface area contributed by atoms with Crippen LogP contribution >= 0.6 is 11.6 Å². The van der Waals surface area contributed by atoms with E-state index < -0.39 is 0 Å². The molecule has 3 heterocycles. The second-order valence-electron chi connectivity index (χ2n) is 6.32. The lowest BCUT2D eigenvalue weighted by atomic mass is 9.97. The topological polar surface area (TPSA) is 92.7 Å². The Morgan fingerprint density at radius 1 is 1.44 bits per heavy atom. The Labute approximate surface area is 150 Å². The Morgan fingerprint density at radius 2 is 2.28 bits per heavy atom. The second-order valence-corrected chi connectivity index (χ2v) is 6.75. The molecule has 0 radical (unpaired) electrons. The molecule has 1 saturated heterocycles. The number of pyridine rings is 1. The molecule has 0 spiro atoms. The summed E-state index contributed by atoms with van der Waals surface area (Å²) in [6.45, 7) is 3.05. The molecule has 2 aromatic heterocycles. The van der Waals surface area contributed by atoms with E-state index >= 15 is 0 Å². The molecule has 0 aromatic carbocycles. The van der Waals surface area contributed by atoms with Gasteiger partial charge in [0.15, 0.2) is 0 Å². The minimum atomic E-state index is -0.156. The number of likely N-dealkylation sites (tertiary alicyclic amines) is 1. The van der Waals surface area contributed by atoms with Gasteiger partial charge in [0, 0.05) is 38.4 Å². The molecule has 3 rings (SSSR count). The number of carbonyl (C=O) groups is 1. The highest BCUT2D eigenvalue weighted by molar-refractivity contribution is 6.30. The van der Waals surface area contributed by atoms with Crippen LogP contribution in [0.15, 0.2) is 29.2 Å². The molecule has 3 N–H and O–H groups in total. The number of aromatic nitrogens is 2. The summed E-state index contributed by atoms with van der Waals surface area (Å²) in [4.78, 5) is 31.1. The molecule has 1 unspecified atom stereocenters. The number of nitrogens with one attached hydrogen (secondary N) is 1. The van der Waals surface area contributed by atoms with Crippen molar-refractivity contribution in [1.29, 1.82) is 0 Å². The molecule has 8 heteroatoms. The van der Waals surface area contributed by atoms with E-state index in [4.69, 9.17) is 17.3 Å². The van der Waals surface area contributed by atoms with E-state index in [0.29, 0.717) is 42.5 Å². The van der Waals surface area contributed by atoms with Crippen LogP contribution in [0, 0.1) is 5.92 Å². The summed E-state index contributed by atoms with van der Waals surface area (Å²) in [5, 5.41) is 3.35. The largest absolute Gasteiger partial charge is 0.355 e. The van der Waals surface area contributed by atoms with Gasteiger partial charge in [-0.2, -0.15) is 0 Å². The number of amides is 1. The van der Waals surface area contributed by atoms with Crippen molar-refractivity contribution >= 4 is 23.2 Å². The van der Waals surface area contributed by atoms with Gasteiger partial charge in [-0.1, -0.05) is 11.6 Å². The molecule has 0 aliphatic carbocycles. The quantitative estimate of drug-likeness (QED) is 0.813. The van der Waals surface area contributed by atoms with Crippen LogP contribution in [0.5, 0.6) is 0 Å². The number of nitrogens with two attached hydrogens (primary N) is 1. The maximum absolute atomic E-state index is 12.3. The number of fused-ring (bicyclic) bond motifs is 1. The molecule has 134 valence electrons. The van der Waals surface area contributed by atoms with Crippen molar-refractivity contribution < 1.29 is 4.79 Å². The highest BCUT2D eigenvalue weighted by atomic mass is 35.5. The predicted octanol–water partition coefficient (Wildman–Crippen LogP) is 0.635. The molecular formula is C17H22ClN5O2. The van der Waals surface area contributed by atoms with Crippen molar-refractivity contribution in [3.05, 3.63) is 45.5 Å². The van der Waals surface area contributed by atoms with Crippen LogP contribution in [-0.2, 0) is 11.3 Å². The number of hydrogen-bond acceptors (Lipinski definition) is 5. The van der Waals surface area contributed by atoms with E-state index in [1.54, 1.807) is 18.3 Å². The molecule has 1 fully saturated rings. The molecule has 1 aliphatic heterocycles. The summed E-state index contributed by atoms with van der Waals surface area (Å²) in [5.74, 6) is 0.0111. The van der Waals surface area contributed by atoms with Crippen molar-refractivity contribution in [2.24, 2.45) is 11.7 Å². The first-order valence-electron chi connectivity index (χ1n) is 8.45. The van der Waals surface area contributed by atoms with Gasteiger partial charge >= 0.3 is 0 Å². The van der Waals surface area contributed by atoms with Crippen molar-refractivity contribution in [1.82, 2.24) is 19.6 Å². The minimum absolute atomic E-state index is 0.0411. The SMILES string of the molecule is NCCNC(=O)C1CCCN(Cc2cc(=O)n3cc(Cl)ccc3n2)C1. The van der Waals surface area contributed by atoms with Gasteiger partial charge < -0.3 is 11.1 Å². The summed E-state index contributed by atoms with van der Waals surface area (Å²) in [7, 11) is 0. The molecule has 2 aromatic rings.